The van der Waals surface area contributed by atoms with Gasteiger partial charge >= 0.3 is 5.97 Å². The maximum absolute atomic E-state index is 12.4. The summed E-state index contributed by atoms with van der Waals surface area (Å²) in [4.78, 5) is 27.0. The Labute approximate surface area is 274 Å². The average Bonchev–Trinajstić information content (AvgIpc) is 3.31. The van der Waals surface area contributed by atoms with Crippen molar-refractivity contribution in [3.63, 3.8) is 0 Å². The van der Waals surface area contributed by atoms with Crippen molar-refractivity contribution >= 4 is 40.6 Å². The topological polar surface area (TPSA) is 66.8 Å². The molecular formula is C37H51Cl2NO4. The summed E-state index contributed by atoms with van der Waals surface area (Å²) in [5, 5.41) is 11.0. The molecule has 7 atom stereocenters. The first kappa shape index (κ1) is 33.5. The number of carbonyl (C=O) groups excluding carboxylic acids is 2. The first-order chi connectivity index (χ1) is 21.2. The van der Waals surface area contributed by atoms with Crippen molar-refractivity contribution in [2.45, 2.75) is 90.6 Å². The molecule has 3 fully saturated rings. The lowest BCUT2D eigenvalue weighted by atomic mass is 9.44. The van der Waals surface area contributed by atoms with Crippen LogP contribution < -0.4 is 4.90 Å². The van der Waals surface area contributed by atoms with Crippen molar-refractivity contribution in [2.75, 3.05) is 36.4 Å². The number of benzene rings is 1. The van der Waals surface area contributed by atoms with Crippen molar-refractivity contribution in [1.29, 1.82) is 0 Å². The molecule has 0 aliphatic heterocycles. The maximum Gasteiger partial charge on any atom is 0.306 e. The van der Waals surface area contributed by atoms with E-state index in [2.05, 4.69) is 49.1 Å². The Bertz CT molecular complexity index is 1210. The van der Waals surface area contributed by atoms with E-state index in [0.717, 1.165) is 76.6 Å². The van der Waals surface area contributed by atoms with Crippen molar-refractivity contribution in [1.82, 2.24) is 0 Å². The van der Waals surface area contributed by atoms with Crippen molar-refractivity contribution in [3.05, 3.63) is 53.6 Å². The Hall–Kier alpha value is -1.82. The molecule has 242 valence electrons. The number of alkyl halides is 2. The SMILES string of the molecule is C[C@]12CC[C@H]3[C@@H]([C@H](C/C=C/COC(=O)CCCc4ccc(N(CCCl)CCCl)cc4)CC4=CC(=O)CC[C@@]43C)[C@@H]1CC[C@@H]2O. The number of ketones is 1. The van der Waals surface area contributed by atoms with Crippen LogP contribution in [0.25, 0.3) is 0 Å². The highest BCUT2D eigenvalue weighted by molar-refractivity contribution is 6.18. The summed E-state index contributed by atoms with van der Waals surface area (Å²) in [6.45, 7) is 6.56. The minimum Gasteiger partial charge on any atom is -0.461 e. The number of anilines is 1. The fourth-order valence-corrected chi connectivity index (χ4v) is 9.76. The number of hydrogen-bond acceptors (Lipinski definition) is 5. The second-order valence-electron chi connectivity index (χ2n) is 14.2. The molecule has 5 nitrogen and oxygen atoms in total. The van der Waals surface area contributed by atoms with Crippen molar-refractivity contribution in [3.8, 4) is 0 Å². The smallest absolute Gasteiger partial charge is 0.306 e. The number of aryl methyl sites for hydroxylation is 1. The van der Waals surface area contributed by atoms with Gasteiger partial charge in [-0.15, -0.1) is 23.2 Å². The molecule has 1 aromatic carbocycles. The zero-order valence-corrected chi connectivity index (χ0v) is 28.1. The van der Waals surface area contributed by atoms with Crippen LogP contribution in [0.5, 0.6) is 0 Å². The van der Waals surface area contributed by atoms with E-state index in [1.165, 1.54) is 11.1 Å². The Balaban J connectivity index is 1.11. The van der Waals surface area contributed by atoms with Gasteiger partial charge in [-0.05, 0) is 116 Å². The molecule has 0 radical (unpaired) electrons. The number of halogens is 2. The number of carbonyl (C=O) groups is 2. The van der Waals surface area contributed by atoms with Gasteiger partial charge in [0.2, 0.25) is 0 Å². The van der Waals surface area contributed by atoms with Gasteiger partial charge in [0.15, 0.2) is 5.78 Å². The second-order valence-corrected chi connectivity index (χ2v) is 15.0. The Morgan fingerprint density at radius 3 is 2.52 bits per heavy atom. The number of ether oxygens (including phenoxy) is 1. The van der Waals surface area contributed by atoms with Crippen LogP contribution in [0.3, 0.4) is 0 Å². The molecule has 7 heteroatoms. The van der Waals surface area contributed by atoms with E-state index >= 15 is 0 Å². The maximum atomic E-state index is 12.4. The van der Waals surface area contributed by atoms with Gasteiger partial charge in [0.05, 0.1) is 6.10 Å². The largest absolute Gasteiger partial charge is 0.461 e. The molecule has 4 aliphatic carbocycles. The van der Waals surface area contributed by atoms with Crippen LogP contribution >= 0.6 is 23.2 Å². The van der Waals surface area contributed by atoms with E-state index in [4.69, 9.17) is 27.9 Å². The summed E-state index contributed by atoms with van der Waals surface area (Å²) in [6.07, 6.45) is 15.7. The number of aliphatic hydroxyl groups is 1. The van der Waals surface area contributed by atoms with Crippen LogP contribution in [0.15, 0.2) is 48.1 Å². The van der Waals surface area contributed by atoms with Gasteiger partial charge in [0, 0.05) is 43.4 Å². The summed E-state index contributed by atoms with van der Waals surface area (Å²) in [5.74, 6) is 3.36. The molecule has 0 amide bonds. The van der Waals surface area contributed by atoms with Crippen molar-refractivity contribution < 1.29 is 19.4 Å². The first-order valence-corrected chi connectivity index (χ1v) is 17.9. The molecule has 3 saturated carbocycles. The van der Waals surface area contributed by atoms with Crippen molar-refractivity contribution in [2.24, 2.45) is 34.5 Å². The fourth-order valence-electron chi connectivity index (χ4n) is 9.35. The highest BCUT2D eigenvalue weighted by atomic mass is 35.5. The second kappa shape index (κ2) is 14.7. The summed E-state index contributed by atoms with van der Waals surface area (Å²) in [5.41, 5.74) is 3.79. The summed E-state index contributed by atoms with van der Waals surface area (Å²) < 4.78 is 5.55. The normalized spacial score (nSPS) is 33.0. The number of nitrogens with zero attached hydrogens (tertiary/aromatic N) is 1. The number of rotatable bonds is 13. The fraction of sp³-hybridized carbons (Fsp3) is 0.676. The van der Waals surface area contributed by atoms with Crippen LogP contribution in [0.2, 0.25) is 0 Å². The molecule has 44 heavy (non-hydrogen) atoms. The zero-order chi connectivity index (χ0) is 31.3. The quantitative estimate of drug-likeness (QED) is 0.134. The summed E-state index contributed by atoms with van der Waals surface area (Å²) >= 11 is 11.9. The van der Waals surface area contributed by atoms with Gasteiger partial charge in [0.25, 0.3) is 0 Å². The molecule has 0 aromatic heterocycles. The molecule has 1 N–H and O–H groups in total. The highest BCUT2D eigenvalue weighted by Gasteiger charge is 2.60. The Kier molecular flexibility index (Phi) is 11.2. The lowest BCUT2D eigenvalue weighted by Crippen LogP contribution is -2.54. The van der Waals surface area contributed by atoms with Gasteiger partial charge in [-0.1, -0.05) is 43.7 Å². The van der Waals surface area contributed by atoms with E-state index in [-0.39, 0.29) is 28.7 Å². The number of hydrogen-bond donors (Lipinski definition) is 1. The van der Waals surface area contributed by atoms with Gasteiger partial charge < -0.3 is 14.7 Å². The standard InChI is InChI=1S/C37H51Cl2NO4/c1-36-17-15-30(41)25-28(36)24-27(35-31-13-14-33(42)37(31,2)18-16-32(35)36)7-3-4-23-44-34(43)8-5-6-26-9-11-29(12-10-26)40(21-19-38)22-20-39/h3-4,9-12,25,27,31-33,35,42H,5-8,13-24H2,1-2H3/b4-3+/t27-,31+,32+,33+,35+,36+,37+/m1/s1. The van der Waals surface area contributed by atoms with E-state index in [9.17, 15) is 14.7 Å². The molecule has 0 bridgehead atoms. The third-order valence-electron chi connectivity index (χ3n) is 11.9. The van der Waals surface area contributed by atoms with Gasteiger partial charge in [-0.2, -0.15) is 0 Å². The lowest BCUT2D eigenvalue weighted by molar-refractivity contribution is -0.142. The molecule has 4 aliphatic rings. The monoisotopic (exact) mass is 643 g/mol. The van der Waals surface area contributed by atoms with Gasteiger partial charge in [-0.25, -0.2) is 0 Å². The lowest BCUT2D eigenvalue weighted by Gasteiger charge is -2.60. The molecule has 1 aromatic rings. The first-order valence-electron chi connectivity index (χ1n) is 16.9. The van der Waals surface area contributed by atoms with E-state index in [0.29, 0.717) is 54.9 Å². The van der Waals surface area contributed by atoms with Crippen LogP contribution in [0, 0.1) is 34.5 Å². The average molecular weight is 645 g/mol. The van der Waals surface area contributed by atoms with Crippen LogP contribution in [0.1, 0.15) is 83.6 Å². The van der Waals surface area contributed by atoms with Crippen LogP contribution in [-0.4, -0.2) is 54.4 Å². The number of aliphatic hydroxyl groups excluding tert-OH is 1. The molecule has 0 saturated heterocycles. The summed E-state index contributed by atoms with van der Waals surface area (Å²) in [6, 6.07) is 8.41. The summed E-state index contributed by atoms with van der Waals surface area (Å²) in [7, 11) is 0. The minimum atomic E-state index is -0.200. The predicted molar refractivity (Wildman–Crippen MR) is 179 cm³/mol. The highest BCUT2D eigenvalue weighted by Crippen LogP contribution is 2.67. The molecule has 5 rings (SSSR count). The Morgan fingerprint density at radius 2 is 1.80 bits per heavy atom. The number of fused-ring (bicyclic) bond motifs is 5. The van der Waals surface area contributed by atoms with E-state index in [1.54, 1.807) is 0 Å². The van der Waals surface area contributed by atoms with E-state index in [1.807, 2.05) is 12.2 Å². The Morgan fingerprint density at radius 1 is 1.05 bits per heavy atom. The predicted octanol–water partition coefficient (Wildman–Crippen LogP) is 7.90. The third-order valence-corrected chi connectivity index (χ3v) is 12.2. The third kappa shape index (κ3) is 7.10. The van der Waals surface area contributed by atoms with E-state index < -0.39 is 0 Å². The van der Waals surface area contributed by atoms with Crippen LogP contribution in [0.4, 0.5) is 5.69 Å². The molecular weight excluding hydrogens is 593 g/mol. The van der Waals surface area contributed by atoms with Gasteiger partial charge in [0.1, 0.15) is 6.61 Å². The molecule has 0 spiro atoms. The van der Waals surface area contributed by atoms with Crippen LogP contribution in [-0.2, 0) is 20.7 Å². The molecule has 0 heterocycles. The number of allylic oxidation sites excluding steroid dienone is 2. The minimum absolute atomic E-state index is 0.0115. The van der Waals surface area contributed by atoms with Gasteiger partial charge in [-0.3, -0.25) is 9.59 Å². The molecule has 0 unspecified atom stereocenters. The zero-order valence-electron chi connectivity index (χ0n) is 26.6. The number of esters is 1.